The lowest BCUT2D eigenvalue weighted by Crippen LogP contribution is -2.26. The Morgan fingerprint density at radius 2 is 2.21 bits per heavy atom. The number of aromatic nitrogens is 1. The third-order valence-electron chi connectivity index (χ3n) is 2.18. The molecule has 2 nitrogen and oxygen atoms in total. The first-order chi connectivity index (χ1) is 6.79. The molecular formula is C11H17ClN2. The van der Waals surface area contributed by atoms with Crippen LogP contribution in [0.5, 0.6) is 0 Å². The molecule has 0 saturated carbocycles. The molecule has 0 atom stereocenters. The van der Waals surface area contributed by atoms with Crippen molar-refractivity contribution in [2.75, 3.05) is 23.9 Å². The molecule has 3 heteroatoms. The topological polar surface area (TPSA) is 16.1 Å². The summed E-state index contributed by atoms with van der Waals surface area (Å²) in [6, 6.07) is 2.05. The number of nitrogens with zero attached hydrogens (tertiary/aromatic N) is 2. The Hall–Kier alpha value is -0.760. The Morgan fingerprint density at radius 1 is 1.43 bits per heavy atom. The zero-order chi connectivity index (χ0) is 10.4. The summed E-state index contributed by atoms with van der Waals surface area (Å²) >= 11 is 5.78. The first kappa shape index (κ1) is 11.3. The molecule has 0 spiro atoms. The van der Waals surface area contributed by atoms with Crippen molar-refractivity contribution in [2.24, 2.45) is 0 Å². The molecule has 0 bridgehead atoms. The van der Waals surface area contributed by atoms with Crippen molar-refractivity contribution in [3.63, 3.8) is 0 Å². The number of pyridine rings is 1. The highest BCUT2D eigenvalue weighted by atomic mass is 35.5. The van der Waals surface area contributed by atoms with Gasteiger partial charge < -0.3 is 4.90 Å². The Kier molecular flexibility index (Phi) is 4.74. The number of aryl methyl sites for hydroxylation is 1. The van der Waals surface area contributed by atoms with Crippen molar-refractivity contribution in [2.45, 2.75) is 20.3 Å². The maximum atomic E-state index is 5.78. The van der Waals surface area contributed by atoms with Gasteiger partial charge in [0.1, 0.15) is 0 Å². The van der Waals surface area contributed by atoms with Crippen LogP contribution in [0.25, 0.3) is 0 Å². The summed E-state index contributed by atoms with van der Waals surface area (Å²) in [5.41, 5.74) is 2.47. The first-order valence-corrected chi connectivity index (χ1v) is 5.54. The van der Waals surface area contributed by atoms with Gasteiger partial charge in [-0.3, -0.25) is 4.98 Å². The monoisotopic (exact) mass is 212 g/mol. The Bertz CT molecular complexity index is 270. The number of hydrogen-bond donors (Lipinski definition) is 0. The van der Waals surface area contributed by atoms with Crippen molar-refractivity contribution < 1.29 is 0 Å². The highest BCUT2D eigenvalue weighted by Crippen LogP contribution is 2.18. The maximum Gasteiger partial charge on any atom is 0.0427 e. The van der Waals surface area contributed by atoms with Crippen LogP contribution >= 0.6 is 11.6 Å². The summed E-state index contributed by atoms with van der Waals surface area (Å²) in [5, 5.41) is 0. The van der Waals surface area contributed by atoms with Crippen LogP contribution in [0.15, 0.2) is 18.5 Å². The minimum Gasteiger partial charge on any atom is -0.370 e. The van der Waals surface area contributed by atoms with E-state index in [-0.39, 0.29) is 0 Å². The summed E-state index contributed by atoms with van der Waals surface area (Å²) in [7, 11) is 0. The van der Waals surface area contributed by atoms with Crippen molar-refractivity contribution in [1.29, 1.82) is 0 Å². The fourth-order valence-corrected chi connectivity index (χ4v) is 1.75. The van der Waals surface area contributed by atoms with Crippen LogP contribution in [0.1, 0.15) is 18.9 Å². The normalized spacial score (nSPS) is 10.2. The molecule has 0 N–H and O–H groups in total. The predicted molar refractivity (Wildman–Crippen MR) is 62.2 cm³/mol. The van der Waals surface area contributed by atoms with Crippen LogP contribution in [0.4, 0.5) is 5.69 Å². The van der Waals surface area contributed by atoms with Gasteiger partial charge in [0.2, 0.25) is 0 Å². The third-order valence-corrected chi connectivity index (χ3v) is 2.35. The Morgan fingerprint density at radius 3 is 2.79 bits per heavy atom. The molecule has 0 aromatic carbocycles. The molecule has 0 aliphatic carbocycles. The number of halogens is 1. The molecule has 1 aromatic heterocycles. The zero-order valence-electron chi connectivity index (χ0n) is 8.83. The average molecular weight is 213 g/mol. The van der Waals surface area contributed by atoms with Gasteiger partial charge in [-0.2, -0.15) is 0 Å². The van der Waals surface area contributed by atoms with Gasteiger partial charge in [0.15, 0.2) is 0 Å². The van der Waals surface area contributed by atoms with E-state index in [1.165, 1.54) is 11.3 Å². The molecule has 1 heterocycles. The number of anilines is 1. The SMILES string of the molecule is CCCN(CCCl)c1ccncc1C. The van der Waals surface area contributed by atoms with E-state index < -0.39 is 0 Å². The summed E-state index contributed by atoms with van der Waals surface area (Å²) in [6.07, 6.45) is 4.87. The molecule has 0 saturated heterocycles. The number of rotatable bonds is 5. The van der Waals surface area contributed by atoms with Gasteiger partial charge in [0, 0.05) is 37.1 Å². The van der Waals surface area contributed by atoms with Gasteiger partial charge in [0.25, 0.3) is 0 Å². The summed E-state index contributed by atoms with van der Waals surface area (Å²) in [6.45, 7) is 6.22. The van der Waals surface area contributed by atoms with Crippen LogP contribution in [-0.4, -0.2) is 24.0 Å². The second-order valence-corrected chi connectivity index (χ2v) is 3.72. The highest BCUT2D eigenvalue weighted by molar-refractivity contribution is 6.18. The van der Waals surface area contributed by atoms with Gasteiger partial charge in [-0.1, -0.05) is 6.92 Å². The van der Waals surface area contributed by atoms with Crippen LogP contribution < -0.4 is 4.90 Å². The minimum atomic E-state index is 0.668. The second kappa shape index (κ2) is 5.86. The highest BCUT2D eigenvalue weighted by Gasteiger charge is 2.06. The van der Waals surface area contributed by atoms with E-state index in [2.05, 4.69) is 29.8 Å². The molecule has 0 radical (unpaired) electrons. The fourth-order valence-electron chi connectivity index (χ4n) is 1.55. The molecular weight excluding hydrogens is 196 g/mol. The summed E-state index contributed by atoms with van der Waals surface area (Å²) < 4.78 is 0. The lowest BCUT2D eigenvalue weighted by atomic mass is 10.2. The molecule has 0 aliphatic rings. The van der Waals surface area contributed by atoms with Crippen molar-refractivity contribution >= 4 is 17.3 Å². The largest absolute Gasteiger partial charge is 0.370 e. The predicted octanol–water partition coefficient (Wildman–Crippen LogP) is 2.85. The average Bonchev–Trinajstić information content (AvgIpc) is 2.18. The van der Waals surface area contributed by atoms with Crippen molar-refractivity contribution in [3.8, 4) is 0 Å². The lowest BCUT2D eigenvalue weighted by Gasteiger charge is -2.24. The molecule has 1 rings (SSSR count). The van der Waals surface area contributed by atoms with E-state index in [0.29, 0.717) is 5.88 Å². The fraction of sp³-hybridized carbons (Fsp3) is 0.545. The van der Waals surface area contributed by atoms with Gasteiger partial charge in [-0.25, -0.2) is 0 Å². The molecule has 0 aliphatic heterocycles. The van der Waals surface area contributed by atoms with Crippen LogP contribution in [-0.2, 0) is 0 Å². The van der Waals surface area contributed by atoms with Gasteiger partial charge in [0.05, 0.1) is 0 Å². The lowest BCUT2D eigenvalue weighted by molar-refractivity contribution is 0.790. The maximum absolute atomic E-state index is 5.78. The first-order valence-electron chi connectivity index (χ1n) is 5.01. The molecule has 14 heavy (non-hydrogen) atoms. The van der Waals surface area contributed by atoms with Gasteiger partial charge in [-0.15, -0.1) is 11.6 Å². The van der Waals surface area contributed by atoms with Gasteiger partial charge in [-0.05, 0) is 25.0 Å². The molecule has 78 valence electrons. The molecule has 0 fully saturated rings. The Balaban J connectivity index is 2.81. The standard InChI is InChI=1S/C11H17ClN2/c1-3-7-14(8-5-12)11-4-6-13-9-10(11)2/h4,6,9H,3,5,7-8H2,1-2H3. The van der Waals surface area contributed by atoms with E-state index in [9.17, 15) is 0 Å². The molecule has 0 amide bonds. The number of alkyl halides is 1. The smallest absolute Gasteiger partial charge is 0.0427 e. The Labute approximate surface area is 90.9 Å². The van der Waals surface area contributed by atoms with Crippen LogP contribution in [0, 0.1) is 6.92 Å². The quantitative estimate of drug-likeness (QED) is 0.698. The third kappa shape index (κ3) is 2.88. The zero-order valence-corrected chi connectivity index (χ0v) is 9.59. The van der Waals surface area contributed by atoms with Crippen molar-refractivity contribution in [3.05, 3.63) is 24.0 Å². The summed E-state index contributed by atoms with van der Waals surface area (Å²) in [4.78, 5) is 6.40. The van der Waals surface area contributed by atoms with E-state index in [4.69, 9.17) is 11.6 Å². The van der Waals surface area contributed by atoms with Crippen molar-refractivity contribution in [1.82, 2.24) is 4.98 Å². The van der Waals surface area contributed by atoms with Crippen LogP contribution in [0.3, 0.4) is 0 Å². The molecule has 1 aromatic rings. The molecule has 0 unspecified atom stereocenters. The van der Waals surface area contributed by atoms with Crippen LogP contribution in [0.2, 0.25) is 0 Å². The second-order valence-electron chi connectivity index (χ2n) is 3.34. The van der Waals surface area contributed by atoms with Gasteiger partial charge >= 0.3 is 0 Å². The van der Waals surface area contributed by atoms with E-state index in [1.54, 1.807) is 0 Å². The summed E-state index contributed by atoms with van der Waals surface area (Å²) in [5.74, 6) is 0.668. The van der Waals surface area contributed by atoms with E-state index >= 15 is 0 Å². The van der Waals surface area contributed by atoms with E-state index in [0.717, 1.165) is 19.5 Å². The number of hydrogen-bond acceptors (Lipinski definition) is 2. The minimum absolute atomic E-state index is 0.668. The van der Waals surface area contributed by atoms with E-state index in [1.807, 2.05) is 12.4 Å².